The second-order valence-electron chi connectivity index (χ2n) is 13.5. The smallest absolute Gasteiger partial charge is 0.136 e. The molecule has 0 N–H and O–H groups in total. The van der Waals surface area contributed by atoms with E-state index in [0.717, 1.165) is 39.6 Å². The van der Waals surface area contributed by atoms with Gasteiger partial charge in [0.2, 0.25) is 0 Å². The minimum Gasteiger partial charge on any atom is -0.456 e. The van der Waals surface area contributed by atoms with Gasteiger partial charge in [-0.2, -0.15) is 0 Å². The van der Waals surface area contributed by atoms with Gasteiger partial charge in [0.15, 0.2) is 0 Å². The van der Waals surface area contributed by atoms with Gasteiger partial charge in [-0.05, 0) is 115 Å². The van der Waals surface area contributed by atoms with E-state index in [1.807, 2.05) is 0 Å². The molecule has 2 nitrogen and oxygen atoms in total. The van der Waals surface area contributed by atoms with Crippen LogP contribution in [0.15, 0.2) is 191 Å². The Bertz CT molecular complexity index is 2820. The molecule has 0 bridgehead atoms. The van der Waals surface area contributed by atoms with Crippen LogP contribution in [0.2, 0.25) is 0 Å². The van der Waals surface area contributed by atoms with E-state index in [1.54, 1.807) is 0 Å². The summed E-state index contributed by atoms with van der Waals surface area (Å²) in [6, 6.07) is 63.1. The fourth-order valence-electron chi connectivity index (χ4n) is 7.75. The Morgan fingerprint density at radius 3 is 1.76 bits per heavy atom. The molecule has 10 rings (SSSR count). The third-order valence-corrected chi connectivity index (χ3v) is 10.4. The lowest BCUT2D eigenvalue weighted by Crippen LogP contribution is -2.10. The summed E-state index contributed by atoms with van der Waals surface area (Å²) in [4.78, 5) is 5.26. The Morgan fingerprint density at radius 1 is 0.451 bits per heavy atom. The van der Waals surface area contributed by atoms with Gasteiger partial charge in [-0.25, -0.2) is 0 Å². The molecule has 8 aromatic carbocycles. The molecule has 1 atom stereocenters. The fraction of sp³-hybridized carbons (Fsp3) is 0.0408. The summed E-state index contributed by atoms with van der Waals surface area (Å²) in [5.74, 6) is 0. The van der Waals surface area contributed by atoms with E-state index in [1.165, 1.54) is 60.5 Å². The largest absolute Gasteiger partial charge is 0.456 e. The van der Waals surface area contributed by atoms with Crippen molar-refractivity contribution >= 4 is 54.8 Å². The molecule has 0 spiro atoms. The van der Waals surface area contributed by atoms with Crippen molar-refractivity contribution in [3.05, 3.63) is 199 Å². The van der Waals surface area contributed by atoms with Crippen LogP contribution >= 0.6 is 0 Å². The van der Waals surface area contributed by atoms with Crippen LogP contribution < -0.4 is 0 Å². The minimum atomic E-state index is 0.0322. The highest BCUT2D eigenvalue weighted by molar-refractivity contribution is 6.17. The number of aliphatic imine (C=N–C) groups is 1. The van der Waals surface area contributed by atoms with Crippen molar-refractivity contribution in [1.82, 2.24) is 0 Å². The highest BCUT2D eigenvalue weighted by Gasteiger charge is 2.23. The molecule has 0 saturated carbocycles. The van der Waals surface area contributed by atoms with E-state index in [-0.39, 0.29) is 6.04 Å². The third kappa shape index (κ3) is 5.33. The second kappa shape index (κ2) is 12.1. The number of rotatable bonds is 5. The standard InChI is InChI=1S/C49H33NO/c1-3-11-33(12-4-1)45-30-42(31-46(50-45)34-13-5-2-6-14-34)43-16-9-17-48-49(43)44-29-41(24-25-47(44)51-48)40-23-22-38-27-37(20-21-39(38)28-40)36-19-18-32-10-7-8-15-35(32)26-36/h1-30,46H,31H2. The van der Waals surface area contributed by atoms with Gasteiger partial charge in [-0.1, -0.05) is 140 Å². The van der Waals surface area contributed by atoms with Crippen molar-refractivity contribution in [1.29, 1.82) is 0 Å². The van der Waals surface area contributed by atoms with Gasteiger partial charge in [0.25, 0.3) is 0 Å². The predicted octanol–water partition coefficient (Wildman–Crippen LogP) is 13.2. The quantitative estimate of drug-likeness (QED) is 0.182. The minimum absolute atomic E-state index is 0.0322. The van der Waals surface area contributed by atoms with Gasteiger partial charge in [-0.15, -0.1) is 0 Å². The van der Waals surface area contributed by atoms with Crippen molar-refractivity contribution in [2.75, 3.05) is 0 Å². The number of nitrogens with zero attached hydrogens (tertiary/aromatic N) is 1. The molecule has 1 aliphatic rings. The van der Waals surface area contributed by atoms with Gasteiger partial charge in [0, 0.05) is 10.8 Å². The molecular weight excluding hydrogens is 619 g/mol. The Kier molecular flexibility index (Phi) is 6.99. The van der Waals surface area contributed by atoms with Crippen LogP contribution in [-0.4, -0.2) is 5.71 Å². The maximum Gasteiger partial charge on any atom is 0.136 e. The number of furan rings is 1. The van der Waals surface area contributed by atoms with E-state index in [4.69, 9.17) is 9.41 Å². The zero-order valence-electron chi connectivity index (χ0n) is 28.0. The summed E-state index contributed by atoms with van der Waals surface area (Å²) in [5, 5.41) is 7.26. The normalized spacial score (nSPS) is 14.6. The van der Waals surface area contributed by atoms with Crippen LogP contribution in [0.3, 0.4) is 0 Å². The molecule has 0 radical (unpaired) electrons. The van der Waals surface area contributed by atoms with Crippen molar-refractivity contribution in [3.8, 4) is 22.3 Å². The number of dihydropyridines is 1. The predicted molar refractivity (Wildman–Crippen MR) is 214 cm³/mol. The lowest BCUT2D eigenvalue weighted by Gasteiger charge is -2.23. The molecule has 1 aliphatic heterocycles. The fourth-order valence-corrected chi connectivity index (χ4v) is 7.75. The zero-order valence-corrected chi connectivity index (χ0v) is 28.0. The molecule has 0 saturated heterocycles. The summed E-state index contributed by atoms with van der Waals surface area (Å²) >= 11 is 0. The molecule has 0 fully saturated rings. The summed E-state index contributed by atoms with van der Waals surface area (Å²) in [6.07, 6.45) is 3.10. The molecule has 1 unspecified atom stereocenters. The van der Waals surface area contributed by atoms with E-state index < -0.39 is 0 Å². The van der Waals surface area contributed by atoms with Crippen molar-refractivity contribution in [3.63, 3.8) is 0 Å². The van der Waals surface area contributed by atoms with Gasteiger partial charge < -0.3 is 4.42 Å². The van der Waals surface area contributed by atoms with E-state index in [9.17, 15) is 0 Å². The topological polar surface area (TPSA) is 25.5 Å². The SMILES string of the molecule is C1=C(c2cccc3oc4ccc(-c5ccc6cc(-c7ccc8ccccc8c7)ccc6c5)cc4c23)CC(c2ccccc2)N=C1c1ccccc1. The monoisotopic (exact) mass is 651 g/mol. The Hall–Kier alpha value is -6.51. The first-order valence-electron chi connectivity index (χ1n) is 17.6. The number of benzene rings is 8. The Labute approximate surface area is 296 Å². The molecular formula is C49H33NO. The highest BCUT2D eigenvalue weighted by atomic mass is 16.3. The first-order valence-corrected chi connectivity index (χ1v) is 17.6. The summed E-state index contributed by atoms with van der Waals surface area (Å²) in [6.45, 7) is 0. The van der Waals surface area contributed by atoms with Crippen molar-refractivity contribution < 1.29 is 4.42 Å². The molecule has 1 aromatic heterocycles. The van der Waals surface area contributed by atoms with Gasteiger partial charge in [0.1, 0.15) is 11.2 Å². The van der Waals surface area contributed by atoms with Crippen LogP contribution in [-0.2, 0) is 0 Å². The maximum atomic E-state index is 6.49. The average molecular weight is 652 g/mol. The number of hydrogen-bond donors (Lipinski definition) is 0. The summed E-state index contributed by atoms with van der Waals surface area (Å²) in [7, 11) is 0. The average Bonchev–Trinajstić information content (AvgIpc) is 3.59. The van der Waals surface area contributed by atoms with Crippen LogP contribution in [0.4, 0.5) is 0 Å². The zero-order chi connectivity index (χ0) is 33.7. The van der Waals surface area contributed by atoms with E-state index >= 15 is 0 Å². The van der Waals surface area contributed by atoms with Gasteiger partial charge in [-0.3, -0.25) is 4.99 Å². The van der Waals surface area contributed by atoms with Crippen molar-refractivity contribution in [2.24, 2.45) is 4.99 Å². The summed E-state index contributed by atoms with van der Waals surface area (Å²) in [5.41, 5.74) is 12.5. The molecule has 240 valence electrons. The maximum absolute atomic E-state index is 6.49. The van der Waals surface area contributed by atoms with Crippen molar-refractivity contribution in [2.45, 2.75) is 12.5 Å². The Morgan fingerprint density at radius 2 is 1.04 bits per heavy atom. The number of hydrogen-bond acceptors (Lipinski definition) is 2. The second-order valence-corrected chi connectivity index (χ2v) is 13.5. The lowest BCUT2D eigenvalue weighted by molar-refractivity contribution is 0.669. The van der Waals surface area contributed by atoms with Crippen LogP contribution in [0, 0.1) is 0 Å². The molecule has 2 heterocycles. The molecule has 0 amide bonds. The molecule has 2 heteroatoms. The lowest BCUT2D eigenvalue weighted by atomic mass is 9.88. The summed E-state index contributed by atoms with van der Waals surface area (Å²) < 4.78 is 6.49. The molecule has 9 aromatic rings. The van der Waals surface area contributed by atoms with E-state index in [2.05, 4.69) is 182 Å². The Balaban J connectivity index is 1.05. The first-order chi connectivity index (χ1) is 25.2. The van der Waals surface area contributed by atoms with Gasteiger partial charge >= 0.3 is 0 Å². The third-order valence-electron chi connectivity index (χ3n) is 10.4. The highest BCUT2D eigenvalue weighted by Crippen LogP contribution is 2.42. The number of allylic oxidation sites excluding steroid dienone is 1. The van der Waals surface area contributed by atoms with Gasteiger partial charge in [0.05, 0.1) is 11.8 Å². The number of fused-ring (bicyclic) bond motifs is 5. The van der Waals surface area contributed by atoms with Crippen LogP contribution in [0.5, 0.6) is 0 Å². The molecule has 51 heavy (non-hydrogen) atoms. The van der Waals surface area contributed by atoms with Crippen LogP contribution in [0.1, 0.15) is 29.2 Å². The molecule has 0 aliphatic carbocycles. The van der Waals surface area contributed by atoms with Crippen LogP contribution in [0.25, 0.3) is 71.3 Å². The first kappa shape index (κ1) is 29.4. The van der Waals surface area contributed by atoms with E-state index in [0.29, 0.717) is 0 Å².